The lowest BCUT2D eigenvalue weighted by molar-refractivity contribution is 0.508. The highest BCUT2D eigenvalue weighted by Gasteiger charge is 2.13. The Morgan fingerprint density at radius 3 is 2.31 bits per heavy atom. The highest BCUT2D eigenvalue weighted by Crippen LogP contribution is 2.29. The van der Waals surface area contributed by atoms with Crippen molar-refractivity contribution in [3.63, 3.8) is 0 Å². The molecule has 0 aromatic heterocycles. The zero-order chi connectivity index (χ0) is 12.3. The van der Waals surface area contributed by atoms with Gasteiger partial charge in [0, 0.05) is 10.5 Å². The summed E-state index contributed by atoms with van der Waals surface area (Å²) in [7, 11) is 0. The van der Waals surface area contributed by atoms with Crippen molar-refractivity contribution < 1.29 is 0 Å². The van der Waals surface area contributed by atoms with Gasteiger partial charge in [-0.2, -0.15) is 0 Å². The molecule has 2 N–H and O–H groups in total. The van der Waals surface area contributed by atoms with Gasteiger partial charge in [0.2, 0.25) is 0 Å². The van der Waals surface area contributed by atoms with Crippen molar-refractivity contribution in [2.75, 3.05) is 0 Å². The fourth-order valence-electron chi connectivity index (χ4n) is 1.84. The van der Waals surface area contributed by atoms with Crippen LogP contribution < -0.4 is 5.73 Å². The van der Waals surface area contributed by atoms with Crippen LogP contribution in [0, 0.1) is 5.92 Å². The van der Waals surface area contributed by atoms with E-state index in [0.717, 1.165) is 10.9 Å². The van der Waals surface area contributed by atoms with Gasteiger partial charge < -0.3 is 5.73 Å². The number of halogens is 1. The zero-order valence-corrected chi connectivity index (χ0v) is 12.2. The van der Waals surface area contributed by atoms with Crippen LogP contribution in [-0.4, -0.2) is 0 Å². The molecule has 0 bridgehead atoms. The Labute approximate surface area is 108 Å². The molecule has 0 aliphatic carbocycles. The molecule has 1 unspecified atom stereocenters. The second-order valence-corrected chi connectivity index (χ2v) is 6.03. The smallest absolute Gasteiger partial charge is 0.0308 e. The van der Waals surface area contributed by atoms with Gasteiger partial charge in [0.25, 0.3) is 0 Å². The van der Waals surface area contributed by atoms with Crippen molar-refractivity contribution in [3.8, 4) is 0 Å². The molecule has 0 amide bonds. The van der Waals surface area contributed by atoms with Crippen molar-refractivity contribution in [2.45, 2.75) is 46.1 Å². The molecule has 0 heterocycles. The van der Waals surface area contributed by atoms with Gasteiger partial charge in [0.15, 0.2) is 0 Å². The number of rotatable bonds is 4. The van der Waals surface area contributed by atoms with Crippen LogP contribution in [-0.2, 0) is 0 Å². The van der Waals surface area contributed by atoms with Crippen molar-refractivity contribution in [1.29, 1.82) is 0 Å². The Balaban J connectivity index is 2.97. The fraction of sp³-hybridized carbons (Fsp3) is 0.571. The van der Waals surface area contributed by atoms with E-state index in [4.69, 9.17) is 5.73 Å². The Morgan fingerprint density at radius 1 is 1.19 bits per heavy atom. The van der Waals surface area contributed by atoms with Crippen LogP contribution in [0.1, 0.15) is 57.2 Å². The first-order chi connectivity index (χ1) is 7.41. The maximum atomic E-state index is 6.24. The topological polar surface area (TPSA) is 26.0 Å². The number of nitrogens with two attached hydrogens (primary N) is 1. The first kappa shape index (κ1) is 13.7. The van der Waals surface area contributed by atoms with Crippen LogP contribution in [0.2, 0.25) is 0 Å². The standard InChI is InChI=1S/C14H22BrN/c1-9(2)7-14(16)12-8-11(10(3)4)5-6-13(12)15/h5-6,8-10,14H,7,16H2,1-4H3. The minimum atomic E-state index is 0.132. The summed E-state index contributed by atoms with van der Waals surface area (Å²) in [5.74, 6) is 1.18. The third-order valence-corrected chi connectivity index (χ3v) is 3.53. The summed E-state index contributed by atoms with van der Waals surface area (Å²) < 4.78 is 1.13. The lowest BCUT2D eigenvalue weighted by atomic mass is 9.94. The van der Waals surface area contributed by atoms with Gasteiger partial charge in [-0.25, -0.2) is 0 Å². The monoisotopic (exact) mass is 283 g/mol. The van der Waals surface area contributed by atoms with Crippen molar-refractivity contribution in [3.05, 3.63) is 33.8 Å². The Bertz CT molecular complexity index is 345. The molecule has 1 aromatic carbocycles. The normalized spacial score (nSPS) is 13.5. The summed E-state index contributed by atoms with van der Waals surface area (Å²) in [6, 6.07) is 6.65. The minimum Gasteiger partial charge on any atom is -0.324 e. The van der Waals surface area contributed by atoms with Gasteiger partial charge in [-0.1, -0.05) is 55.8 Å². The molecule has 1 aromatic rings. The lowest BCUT2D eigenvalue weighted by Gasteiger charge is -2.18. The minimum absolute atomic E-state index is 0.132. The largest absolute Gasteiger partial charge is 0.324 e. The molecule has 0 saturated carbocycles. The second kappa shape index (κ2) is 5.83. The molecule has 0 aliphatic heterocycles. The van der Waals surface area contributed by atoms with Gasteiger partial charge in [-0.05, 0) is 35.4 Å². The molecule has 1 rings (SSSR count). The van der Waals surface area contributed by atoms with Crippen LogP contribution in [0.25, 0.3) is 0 Å². The maximum absolute atomic E-state index is 6.24. The molecule has 0 saturated heterocycles. The molecule has 16 heavy (non-hydrogen) atoms. The molecular weight excluding hydrogens is 262 g/mol. The summed E-state index contributed by atoms with van der Waals surface area (Å²) in [5, 5.41) is 0. The van der Waals surface area contributed by atoms with Crippen molar-refractivity contribution in [1.82, 2.24) is 0 Å². The summed E-state index contributed by atoms with van der Waals surface area (Å²) in [5.41, 5.74) is 8.83. The molecule has 0 radical (unpaired) electrons. The Kier molecular flexibility index (Phi) is 5.00. The Morgan fingerprint density at radius 2 is 1.81 bits per heavy atom. The van der Waals surface area contributed by atoms with Crippen LogP contribution >= 0.6 is 15.9 Å². The lowest BCUT2D eigenvalue weighted by Crippen LogP contribution is -2.14. The average Bonchev–Trinajstić information content (AvgIpc) is 2.16. The predicted octanol–water partition coefficient (Wildman–Crippen LogP) is 4.62. The zero-order valence-electron chi connectivity index (χ0n) is 10.6. The van der Waals surface area contributed by atoms with E-state index in [1.165, 1.54) is 11.1 Å². The maximum Gasteiger partial charge on any atom is 0.0308 e. The fourth-order valence-corrected chi connectivity index (χ4v) is 2.38. The van der Waals surface area contributed by atoms with Gasteiger partial charge in [0.05, 0.1) is 0 Å². The van der Waals surface area contributed by atoms with E-state index in [9.17, 15) is 0 Å². The van der Waals surface area contributed by atoms with Gasteiger partial charge in [0.1, 0.15) is 0 Å². The van der Waals surface area contributed by atoms with Gasteiger partial charge in [-0.3, -0.25) is 0 Å². The quantitative estimate of drug-likeness (QED) is 0.857. The second-order valence-electron chi connectivity index (χ2n) is 5.17. The summed E-state index contributed by atoms with van der Waals surface area (Å²) in [4.78, 5) is 0. The van der Waals surface area contributed by atoms with E-state index < -0.39 is 0 Å². The third kappa shape index (κ3) is 3.60. The average molecular weight is 284 g/mol. The van der Waals surface area contributed by atoms with Crippen LogP contribution in [0.4, 0.5) is 0 Å². The first-order valence-electron chi connectivity index (χ1n) is 5.96. The van der Waals surface area contributed by atoms with Gasteiger partial charge in [-0.15, -0.1) is 0 Å². The van der Waals surface area contributed by atoms with E-state index in [2.05, 4.69) is 61.8 Å². The summed E-state index contributed by atoms with van der Waals surface area (Å²) in [6.45, 7) is 8.84. The highest BCUT2D eigenvalue weighted by molar-refractivity contribution is 9.10. The number of hydrogen-bond acceptors (Lipinski definition) is 1. The highest BCUT2D eigenvalue weighted by atomic mass is 79.9. The molecule has 90 valence electrons. The Hall–Kier alpha value is -0.340. The molecule has 0 fully saturated rings. The third-order valence-electron chi connectivity index (χ3n) is 2.81. The van der Waals surface area contributed by atoms with E-state index in [-0.39, 0.29) is 6.04 Å². The molecule has 1 nitrogen and oxygen atoms in total. The van der Waals surface area contributed by atoms with E-state index in [1.54, 1.807) is 0 Å². The molecule has 0 spiro atoms. The molecular formula is C14H22BrN. The number of benzene rings is 1. The van der Waals surface area contributed by atoms with E-state index >= 15 is 0 Å². The number of hydrogen-bond donors (Lipinski definition) is 1. The first-order valence-corrected chi connectivity index (χ1v) is 6.76. The van der Waals surface area contributed by atoms with Crippen LogP contribution in [0.3, 0.4) is 0 Å². The van der Waals surface area contributed by atoms with Crippen LogP contribution in [0.5, 0.6) is 0 Å². The summed E-state index contributed by atoms with van der Waals surface area (Å²) >= 11 is 3.59. The predicted molar refractivity (Wildman–Crippen MR) is 74.6 cm³/mol. The van der Waals surface area contributed by atoms with Crippen LogP contribution in [0.15, 0.2) is 22.7 Å². The summed E-state index contributed by atoms with van der Waals surface area (Å²) in [6.07, 6.45) is 1.03. The SMILES string of the molecule is CC(C)CC(N)c1cc(C(C)C)ccc1Br. The van der Waals surface area contributed by atoms with Crippen molar-refractivity contribution in [2.24, 2.45) is 11.7 Å². The van der Waals surface area contributed by atoms with E-state index in [1.807, 2.05) is 0 Å². The molecule has 2 heteroatoms. The van der Waals surface area contributed by atoms with Crippen molar-refractivity contribution >= 4 is 15.9 Å². The van der Waals surface area contributed by atoms with E-state index in [0.29, 0.717) is 11.8 Å². The van der Waals surface area contributed by atoms with Gasteiger partial charge >= 0.3 is 0 Å². The molecule has 0 aliphatic rings. The molecule has 1 atom stereocenters.